The van der Waals surface area contributed by atoms with Gasteiger partial charge in [-0.15, -0.1) is 0 Å². The van der Waals surface area contributed by atoms with Crippen LogP contribution in [-0.2, 0) is 6.42 Å². The van der Waals surface area contributed by atoms with Gasteiger partial charge in [-0.25, -0.2) is 0 Å². The number of nitrogens with one attached hydrogen (secondary N) is 2. The summed E-state index contributed by atoms with van der Waals surface area (Å²) in [6.07, 6.45) is 0.701. The third-order valence-electron chi connectivity index (χ3n) is 3.85. The van der Waals surface area contributed by atoms with Gasteiger partial charge in [0.25, 0.3) is 0 Å². The monoisotopic (exact) mass is 342 g/mol. The summed E-state index contributed by atoms with van der Waals surface area (Å²) in [5.41, 5.74) is 11.0. The van der Waals surface area contributed by atoms with Gasteiger partial charge in [0, 0.05) is 6.42 Å². The molecule has 4 nitrogen and oxygen atoms in total. The third-order valence-corrected chi connectivity index (χ3v) is 3.85. The summed E-state index contributed by atoms with van der Waals surface area (Å²) in [5, 5.41) is 9.10. The second-order valence-corrected chi connectivity index (χ2v) is 5.87. The van der Waals surface area contributed by atoms with Crippen molar-refractivity contribution in [1.82, 2.24) is 0 Å². The first-order chi connectivity index (χ1) is 12.8. The lowest BCUT2D eigenvalue weighted by Gasteiger charge is -2.09. The lowest BCUT2D eigenvalue weighted by atomic mass is 10.1. The van der Waals surface area contributed by atoms with Crippen molar-refractivity contribution < 1.29 is 0 Å². The van der Waals surface area contributed by atoms with Gasteiger partial charge in [-0.3, -0.25) is 10.9 Å². The summed E-state index contributed by atoms with van der Waals surface area (Å²) < 4.78 is 0. The van der Waals surface area contributed by atoms with Gasteiger partial charge in [0.2, 0.25) is 0 Å². The standard InChI is InChI=1S/C22H22N4/c1-18(23-24-20-13-7-3-8-14-20)22(17-19-11-5-2-6-12-19)26-25-21-15-9-4-10-16-21/h2-16,24-25H,17H2,1H3. The molecule has 0 unspecified atom stereocenters. The summed E-state index contributed by atoms with van der Waals surface area (Å²) in [6, 6.07) is 30.1. The summed E-state index contributed by atoms with van der Waals surface area (Å²) in [6.45, 7) is 1.96. The van der Waals surface area contributed by atoms with Gasteiger partial charge >= 0.3 is 0 Å². The molecule has 3 aromatic rings. The molecule has 0 saturated carbocycles. The van der Waals surface area contributed by atoms with E-state index >= 15 is 0 Å². The molecule has 0 bridgehead atoms. The first kappa shape index (κ1) is 17.4. The van der Waals surface area contributed by atoms with E-state index < -0.39 is 0 Å². The topological polar surface area (TPSA) is 48.8 Å². The van der Waals surface area contributed by atoms with Crippen LogP contribution in [0.25, 0.3) is 0 Å². The van der Waals surface area contributed by atoms with E-state index in [0.717, 1.165) is 22.8 Å². The average molecular weight is 342 g/mol. The first-order valence-electron chi connectivity index (χ1n) is 8.58. The SMILES string of the molecule is CC(=NNc1ccccc1)C(Cc1ccccc1)=NNc1ccccc1. The minimum absolute atomic E-state index is 0.701. The predicted molar refractivity (Wildman–Crippen MR) is 111 cm³/mol. The van der Waals surface area contributed by atoms with Crippen LogP contribution in [0.1, 0.15) is 12.5 Å². The predicted octanol–water partition coefficient (Wildman–Crippen LogP) is 5.19. The Labute approximate surface area is 154 Å². The van der Waals surface area contributed by atoms with Gasteiger partial charge in [-0.1, -0.05) is 66.7 Å². The van der Waals surface area contributed by atoms with Crippen molar-refractivity contribution in [3.05, 3.63) is 96.6 Å². The van der Waals surface area contributed by atoms with Gasteiger partial charge in [-0.2, -0.15) is 10.2 Å². The van der Waals surface area contributed by atoms with Gasteiger partial charge in [-0.05, 0) is 36.8 Å². The molecule has 2 N–H and O–H groups in total. The van der Waals surface area contributed by atoms with Crippen molar-refractivity contribution in [2.45, 2.75) is 13.3 Å². The van der Waals surface area contributed by atoms with E-state index in [4.69, 9.17) is 0 Å². The van der Waals surface area contributed by atoms with Crippen LogP contribution in [0, 0.1) is 0 Å². The van der Waals surface area contributed by atoms with E-state index in [1.807, 2.05) is 85.8 Å². The maximum absolute atomic E-state index is 4.60. The lowest BCUT2D eigenvalue weighted by Crippen LogP contribution is -2.17. The Morgan fingerprint density at radius 3 is 1.65 bits per heavy atom. The second-order valence-electron chi connectivity index (χ2n) is 5.87. The maximum Gasteiger partial charge on any atom is 0.0880 e. The molecule has 0 aromatic heterocycles. The number of para-hydroxylation sites is 2. The average Bonchev–Trinajstić information content (AvgIpc) is 2.71. The Bertz CT molecular complexity index is 856. The van der Waals surface area contributed by atoms with E-state index in [0.29, 0.717) is 6.42 Å². The molecule has 130 valence electrons. The molecule has 0 radical (unpaired) electrons. The number of rotatable bonds is 7. The molecular formula is C22H22N4. The van der Waals surface area contributed by atoms with Crippen LogP contribution < -0.4 is 10.9 Å². The molecule has 0 heterocycles. The molecule has 26 heavy (non-hydrogen) atoms. The largest absolute Gasteiger partial charge is 0.278 e. The highest BCUT2D eigenvalue weighted by Gasteiger charge is 2.07. The van der Waals surface area contributed by atoms with Crippen molar-refractivity contribution in [3.63, 3.8) is 0 Å². The van der Waals surface area contributed by atoms with Crippen molar-refractivity contribution in [2.75, 3.05) is 10.9 Å². The fraction of sp³-hybridized carbons (Fsp3) is 0.0909. The van der Waals surface area contributed by atoms with E-state index in [2.05, 4.69) is 33.2 Å². The molecular weight excluding hydrogens is 320 g/mol. The lowest BCUT2D eigenvalue weighted by molar-refractivity contribution is 1.25. The third kappa shape index (κ3) is 5.31. The zero-order chi connectivity index (χ0) is 18.0. The van der Waals surface area contributed by atoms with Crippen LogP contribution >= 0.6 is 0 Å². The fourth-order valence-corrected chi connectivity index (χ4v) is 2.41. The number of benzene rings is 3. The van der Waals surface area contributed by atoms with Crippen LogP contribution in [0.3, 0.4) is 0 Å². The number of hydrazone groups is 2. The van der Waals surface area contributed by atoms with E-state index in [1.165, 1.54) is 5.56 Å². The van der Waals surface area contributed by atoms with Gasteiger partial charge < -0.3 is 0 Å². The Hall–Kier alpha value is -3.40. The zero-order valence-electron chi connectivity index (χ0n) is 14.8. The summed E-state index contributed by atoms with van der Waals surface area (Å²) in [5.74, 6) is 0. The molecule has 4 heteroatoms. The number of anilines is 2. The van der Waals surface area contributed by atoms with Crippen molar-refractivity contribution >= 4 is 22.8 Å². The normalized spacial score (nSPS) is 11.9. The van der Waals surface area contributed by atoms with Crippen molar-refractivity contribution in [3.8, 4) is 0 Å². The molecule has 3 aromatic carbocycles. The molecule has 0 aliphatic heterocycles. The van der Waals surface area contributed by atoms with Crippen LogP contribution in [0.2, 0.25) is 0 Å². The minimum atomic E-state index is 0.701. The van der Waals surface area contributed by atoms with Gasteiger partial charge in [0.05, 0.1) is 22.8 Å². The Balaban J connectivity index is 1.79. The maximum atomic E-state index is 4.60. The Morgan fingerprint density at radius 1 is 0.654 bits per heavy atom. The summed E-state index contributed by atoms with van der Waals surface area (Å²) in [7, 11) is 0. The van der Waals surface area contributed by atoms with E-state index in [9.17, 15) is 0 Å². The van der Waals surface area contributed by atoms with Crippen molar-refractivity contribution in [2.24, 2.45) is 10.2 Å². The van der Waals surface area contributed by atoms with Crippen molar-refractivity contribution in [1.29, 1.82) is 0 Å². The molecule has 0 amide bonds. The quantitative estimate of drug-likeness (QED) is 0.459. The minimum Gasteiger partial charge on any atom is -0.278 e. The van der Waals surface area contributed by atoms with Crippen LogP contribution in [0.15, 0.2) is 101 Å². The Morgan fingerprint density at radius 2 is 1.12 bits per heavy atom. The number of nitrogens with zero attached hydrogens (tertiary/aromatic N) is 2. The molecule has 3 rings (SSSR count). The highest BCUT2D eigenvalue weighted by molar-refractivity contribution is 6.42. The molecule has 0 spiro atoms. The van der Waals surface area contributed by atoms with Crippen LogP contribution in [0.4, 0.5) is 11.4 Å². The Kier molecular flexibility index (Phi) is 6.15. The first-order valence-corrected chi connectivity index (χ1v) is 8.58. The number of hydrogen-bond donors (Lipinski definition) is 2. The highest BCUT2D eigenvalue weighted by atomic mass is 15.3. The van der Waals surface area contributed by atoms with Crippen LogP contribution in [-0.4, -0.2) is 11.4 Å². The van der Waals surface area contributed by atoms with Gasteiger partial charge in [0.1, 0.15) is 0 Å². The molecule has 0 fully saturated rings. The van der Waals surface area contributed by atoms with E-state index in [-0.39, 0.29) is 0 Å². The molecule has 0 atom stereocenters. The fourth-order valence-electron chi connectivity index (χ4n) is 2.41. The number of hydrogen-bond acceptors (Lipinski definition) is 4. The smallest absolute Gasteiger partial charge is 0.0880 e. The molecule has 0 aliphatic rings. The summed E-state index contributed by atoms with van der Waals surface area (Å²) in [4.78, 5) is 0. The molecule has 0 aliphatic carbocycles. The summed E-state index contributed by atoms with van der Waals surface area (Å²) >= 11 is 0. The second kappa shape index (κ2) is 9.18. The zero-order valence-corrected chi connectivity index (χ0v) is 14.8. The molecule has 0 saturated heterocycles. The highest BCUT2D eigenvalue weighted by Crippen LogP contribution is 2.08. The van der Waals surface area contributed by atoms with Crippen LogP contribution in [0.5, 0.6) is 0 Å². The van der Waals surface area contributed by atoms with E-state index in [1.54, 1.807) is 0 Å². The van der Waals surface area contributed by atoms with Gasteiger partial charge in [0.15, 0.2) is 0 Å².